The van der Waals surface area contributed by atoms with Gasteiger partial charge in [-0.1, -0.05) is 70.9 Å². The number of carbonyl (C=O) groups excluding carboxylic acids is 1. The molecule has 0 saturated heterocycles. The second kappa shape index (κ2) is 7.60. The van der Waals surface area contributed by atoms with Gasteiger partial charge in [0.1, 0.15) is 0 Å². The Labute approximate surface area is 174 Å². The van der Waals surface area contributed by atoms with E-state index < -0.39 is 0 Å². The van der Waals surface area contributed by atoms with Crippen LogP contribution in [-0.2, 0) is 6.54 Å². The lowest BCUT2D eigenvalue weighted by Gasteiger charge is -2.19. The Kier molecular flexibility index (Phi) is 5.19. The van der Waals surface area contributed by atoms with Crippen molar-refractivity contribution in [2.75, 3.05) is 4.90 Å². The molecule has 0 bridgehead atoms. The standard InChI is InChI=1S/C20H14Cl2N2OS2/c1-12-7-8-14(21)18-17(12)23-20(27-18)24(11-13-5-3-2-4-6-13)19(25)15-9-10-16(22)26-15/h2-10H,11H2,1H3. The first-order valence-corrected chi connectivity index (χ1v) is 10.6. The summed E-state index contributed by atoms with van der Waals surface area (Å²) in [4.78, 5) is 20.2. The van der Waals surface area contributed by atoms with Gasteiger partial charge in [-0.2, -0.15) is 0 Å². The van der Waals surface area contributed by atoms with Crippen molar-refractivity contribution < 1.29 is 4.79 Å². The lowest BCUT2D eigenvalue weighted by molar-refractivity contribution is 0.0989. The molecule has 0 atom stereocenters. The fourth-order valence-corrected chi connectivity index (χ4v) is 5.07. The molecule has 1 amide bonds. The molecule has 0 radical (unpaired) electrons. The minimum absolute atomic E-state index is 0.122. The highest BCUT2D eigenvalue weighted by atomic mass is 35.5. The quantitative estimate of drug-likeness (QED) is 0.354. The van der Waals surface area contributed by atoms with Crippen LogP contribution in [-0.4, -0.2) is 10.9 Å². The summed E-state index contributed by atoms with van der Waals surface area (Å²) in [6.45, 7) is 2.41. The molecule has 4 aromatic rings. The van der Waals surface area contributed by atoms with Crippen LogP contribution in [0.2, 0.25) is 9.36 Å². The van der Waals surface area contributed by atoms with Gasteiger partial charge in [-0.05, 0) is 36.2 Å². The van der Waals surface area contributed by atoms with Crippen LogP contribution < -0.4 is 4.90 Å². The largest absolute Gasteiger partial charge is 0.279 e. The molecule has 0 aliphatic heterocycles. The molecule has 0 fully saturated rings. The third-order valence-electron chi connectivity index (χ3n) is 4.13. The van der Waals surface area contributed by atoms with Gasteiger partial charge < -0.3 is 0 Å². The zero-order valence-electron chi connectivity index (χ0n) is 14.3. The molecule has 4 rings (SSSR count). The molecule has 0 saturated carbocycles. The molecular formula is C20H14Cl2N2OS2. The average molecular weight is 433 g/mol. The highest BCUT2D eigenvalue weighted by Gasteiger charge is 2.24. The van der Waals surface area contributed by atoms with Crippen molar-refractivity contribution in [2.45, 2.75) is 13.5 Å². The first kappa shape index (κ1) is 18.4. The summed E-state index contributed by atoms with van der Waals surface area (Å²) < 4.78 is 1.47. The fourth-order valence-electron chi connectivity index (χ4n) is 2.76. The molecule has 7 heteroatoms. The van der Waals surface area contributed by atoms with E-state index >= 15 is 0 Å². The summed E-state index contributed by atoms with van der Waals surface area (Å²) >= 11 is 15.1. The third kappa shape index (κ3) is 3.73. The van der Waals surface area contributed by atoms with Gasteiger partial charge in [-0.15, -0.1) is 11.3 Å². The van der Waals surface area contributed by atoms with E-state index in [2.05, 4.69) is 0 Å². The minimum Gasteiger partial charge on any atom is -0.279 e. The Balaban J connectivity index is 1.81. The number of benzene rings is 2. The summed E-state index contributed by atoms with van der Waals surface area (Å²) in [6.07, 6.45) is 0. The maximum Gasteiger partial charge on any atom is 0.270 e. The summed E-state index contributed by atoms with van der Waals surface area (Å²) in [7, 11) is 0. The number of rotatable bonds is 4. The molecule has 3 nitrogen and oxygen atoms in total. The molecule has 2 heterocycles. The molecule has 2 aromatic heterocycles. The van der Waals surface area contributed by atoms with Gasteiger partial charge in [0.15, 0.2) is 5.13 Å². The van der Waals surface area contributed by atoms with Gasteiger partial charge in [0.05, 0.1) is 31.0 Å². The van der Waals surface area contributed by atoms with Gasteiger partial charge >= 0.3 is 0 Å². The number of hydrogen-bond acceptors (Lipinski definition) is 4. The number of carbonyl (C=O) groups is 1. The summed E-state index contributed by atoms with van der Waals surface area (Å²) in [5, 5.41) is 1.27. The highest BCUT2D eigenvalue weighted by Crippen LogP contribution is 2.37. The van der Waals surface area contributed by atoms with Crippen LogP contribution >= 0.6 is 45.9 Å². The molecule has 2 aromatic carbocycles. The lowest BCUT2D eigenvalue weighted by Crippen LogP contribution is -2.29. The third-order valence-corrected chi connectivity index (χ3v) is 6.89. The summed E-state index contributed by atoms with van der Waals surface area (Å²) in [5.74, 6) is -0.122. The van der Waals surface area contributed by atoms with E-state index in [9.17, 15) is 4.79 Å². The van der Waals surface area contributed by atoms with Crippen LogP contribution in [0, 0.1) is 6.92 Å². The molecule has 0 N–H and O–H groups in total. The summed E-state index contributed by atoms with van der Waals surface area (Å²) in [6, 6.07) is 17.1. The van der Waals surface area contributed by atoms with E-state index in [0.29, 0.717) is 25.9 Å². The average Bonchev–Trinajstić information content (AvgIpc) is 3.30. The second-order valence-electron chi connectivity index (χ2n) is 6.02. The number of nitrogens with zero attached hydrogens (tertiary/aromatic N) is 2. The normalized spacial score (nSPS) is 11.1. The molecule has 0 aliphatic rings. The van der Waals surface area contributed by atoms with Gasteiger partial charge in [0.25, 0.3) is 5.91 Å². The topological polar surface area (TPSA) is 33.2 Å². The van der Waals surface area contributed by atoms with Crippen LogP contribution in [0.1, 0.15) is 20.8 Å². The Bertz CT molecular complexity index is 1080. The van der Waals surface area contributed by atoms with Crippen molar-refractivity contribution >= 4 is 67.1 Å². The highest BCUT2D eigenvalue weighted by molar-refractivity contribution is 7.23. The van der Waals surface area contributed by atoms with Gasteiger partial charge in [-0.25, -0.2) is 4.98 Å². The van der Waals surface area contributed by atoms with E-state index in [1.54, 1.807) is 17.0 Å². The van der Waals surface area contributed by atoms with Gasteiger partial charge in [0, 0.05) is 0 Å². The SMILES string of the molecule is Cc1ccc(Cl)c2sc(N(Cc3ccccc3)C(=O)c3ccc(Cl)s3)nc12. The molecule has 0 unspecified atom stereocenters. The van der Waals surface area contributed by atoms with Crippen LogP contribution in [0.3, 0.4) is 0 Å². The van der Waals surface area contributed by atoms with Crippen LogP contribution in [0.25, 0.3) is 10.2 Å². The van der Waals surface area contributed by atoms with Gasteiger partial charge in [0.2, 0.25) is 0 Å². The minimum atomic E-state index is -0.122. The van der Waals surface area contributed by atoms with E-state index in [4.69, 9.17) is 28.2 Å². The van der Waals surface area contributed by atoms with Crippen molar-refractivity contribution in [1.29, 1.82) is 0 Å². The smallest absolute Gasteiger partial charge is 0.270 e. The number of aromatic nitrogens is 1. The molecule has 27 heavy (non-hydrogen) atoms. The lowest BCUT2D eigenvalue weighted by atomic mass is 10.2. The van der Waals surface area contributed by atoms with E-state index in [1.807, 2.05) is 49.4 Å². The van der Waals surface area contributed by atoms with E-state index in [-0.39, 0.29) is 5.91 Å². The Hall–Kier alpha value is -1.92. The Morgan fingerprint density at radius 1 is 1.04 bits per heavy atom. The number of amides is 1. The van der Waals surface area contributed by atoms with E-state index in [0.717, 1.165) is 21.3 Å². The van der Waals surface area contributed by atoms with E-state index in [1.165, 1.54) is 22.7 Å². The molecule has 136 valence electrons. The van der Waals surface area contributed by atoms with Gasteiger partial charge in [-0.3, -0.25) is 9.69 Å². The van der Waals surface area contributed by atoms with Crippen molar-refractivity contribution in [2.24, 2.45) is 0 Å². The number of anilines is 1. The maximum atomic E-state index is 13.2. The molecular weight excluding hydrogens is 419 g/mol. The first-order chi connectivity index (χ1) is 13.0. The number of thiophene rings is 1. The van der Waals surface area contributed by atoms with Crippen LogP contribution in [0.5, 0.6) is 0 Å². The predicted octanol–water partition coefficient (Wildman–Crippen LogP) is 6.82. The Morgan fingerprint density at radius 2 is 1.81 bits per heavy atom. The van der Waals surface area contributed by atoms with Crippen LogP contribution in [0.4, 0.5) is 5.13 Å². The van der Waals surface area contributed by atoms with Crippen molar-refractivity contribution in [1.82, 2.24) is 4.98 Å². The number of halogens is 2. The maximum absolute atomic E-state index is 13.2. The fraction of sp³-hybridized carbons (Fsp3) is 0.100. The molecule has 0 aliphatic carbocycles. The van der Waals surface area contributed by atoms with Crippen molar-refractivity contribution in [3.8, 4) is 0 Å². The van der Waals surface area contributed by atoms with Crippen molar-refractivity contribution in [3.63, 3.8) is 0 Å². The predicted molar refractivity (Wildman–Crippen MR) is 116 cm³/mol. The first-order valence-electron chi connectivity index (χ1n) is 8.19. The number of fused-ring (bicyclic) bond motifs is 1. The zero-order chi connectivity index (χ0) is 19.0. The second-order valence-corrected chi connectivity index (χ2v) is 9.12. The summed E-state index contributed by atoms with van der Waals surface area (Å²) in [5.41, 5.74) is 2.89. The molecule has 0 spiro atoms. The number of hydrogen-bond donors (Lipinski definition) is 0. The number of aryl methyl sites for hydroxylation is 1. The number of thiazole rings is 1. The Morgan fingerprint density at radius 3 is 2.48 bits per heavy atom. The monoisotopic (exact) mass is 432 g/mol. The van der Waals surface area contributed by atoms with Crippen LogP contribution in [0.15, 0.2) is 54.6 Å². The van der Waals surface area contributed by atoms with Crippen molar-refractivity contribution in [3.05, 3.63) is 80.0 Å². The zero-order valence-corrected chi connectivity index (χ0v) is 17.4.